The minimum Gasteiger partial charge on any atom is -0.455 e. The number of hydrogen-bond donors (Lipinski definition) is 2. The molecule has 1 heterocycles. The average Bonchev–Trinajstić information content (AvgIpc) is 2.90. The Hall–Kier alpha value is -1.56. The molecule has 0 radical (unpaired) electrons. The van der Waals surface area contributed by atoms with Crippen LogP contribution in [0.5, 0.6) is 0 Å². The zero-order valence-electron chi connectivity index (χ0n) is 11.2. The van der Waals surface area contributed by atoms with E-state index in [0.717, 1.165) is 12.1 Å². The molecule has 0 aliphatic heterocycles. The Bertz CT molecular complexity index is 670. The van der Waals surface area contributed by atoms with Gasteiger partial charge in [0.2, 0.25) is 0 Å². The van der Waals surface area contributed by atoms with Gasteiger partial charge in [-0.15, -0.1) is 0 Å². The summed E-state index contributed by atoms with van der Waals surface area (Å²) in [5.41, 5.74) is 3.42. The van der Waals surface area contributed by atoms with Crippen LogP contribution >= 0.6 is 35.4 Å². The van der Waals surface area contributed by atoms with Crippen LogP contribution in [-0.2, 0) is 0 Å². The molecule has 2 aromatic rings. The van der Waals surface area contributed by atoms with E-state index in [-0.39, 0.29) is 0 Å². The highest BCUT2D eigenvalue weighted by Crippen LogP contribution is 2.31. The Morgan fingerprint density at radius 3 is 2.90 bits per heavy atom. The van der Waals surface area contributed by atoms with Gasteiger partial charge in [0.25, 0.3) is 0 Å². The molecule has 0 bridgehead atoms. The van der Waals surface area contributed by atoms with Gasteiger partial charge in [-0.1, -0.05) is 23.2 Å². The standard InChI is InChI=1S/C14H13Cl2N3OS/c1-2-17-14(21)19-18-8-10-4-6-13(20-10)11-7-9(15)3-5-12(11)16/h3-8H,2H2,1H3,(H2,17,19,21)/b18-8+. The SMILES string of the molecule is CCNC(=S)N/N=C/c1ccc(-c2cc(Cl)ccc2Cl)o1. The van der Waals surface area contributed by atoms with Crippen LogP contribution in [0.15, 0.2) is 39.9 Å². The molecule has 0 fully saturated rings. The van der Waals surface area contributed by atoms with Crippen LogP contribution in [0.2, 0.25) is 10.0 Å². The van der Waals surface area contributed by atoms with E-state index < -0.39 is 0 Å². The minimum atomic E-state index is 0.457. The molecule has 7 heteroatoms. The summed E-state index contributed by atoms with van der Waals surface area (Å²) in [5, 5.41) is 8.52. The molecule has 0 aliphatic carbocycles. The summed E-state index contributed by atoms with van der Waals surface area (Å²) in [6.07, 6.45) is 1.53. The zero-order valence-corrected chi connectivity index (χ0v) is 13.5. The first-order valence-electron chi connectivity index (χ1n) is 6.22. The first kappa shape index (κ1) is 15.8. The van der Waals surface area contributed by atoms with Gasteiger partial charge in [0.15, 0.2) is 5.11 Å². The topological polar surface area (TPSA) is 49.6 Å². The van der Waals surface area contributed by atoms with Crippen molar-refractivity contribution in [3.05, 3.63) is 46.1 Å². The van der Waals surface area contributed by atoms with E-state index in [1.807, 2.05) is 13.0 Å². The van der Waals surface area contributed by atoms with Crippen molar-refractivity contribution in [3.63, 3.8) is 0 Å². The number of benzene rings is 1. The van der Waals surface area contributed by atoms with Gasteiger partial charge in [-0.3, -0.25) is 5.43 Å². The molecule has 0 atom stereocenters. The van der Waals surface area contributed by atoms with Crippen molar-refractivity contribution in [1.29, 1.82) is 0 Å². The Morgan fingerprint density at radius 1 is 1.33 bits per heavy atom. The molecular weight excluding hydrogens is 329 g/mol. The van der Waals surface area contributed by atoms with Crippen molar-refractivity contribution >= 4 is 46.7 Å². The van der Waals surface area contributed by atoms with E-state index in [9.17, 15) is 0 Å². The zero-order chi connectivity index (χ0) is 15.2. The third-order valence-corrected chi connectivity index (χ3v) is 3.32. The first-order valence-corrected chi connectivity index (χ1v) is 7.38. The van der Waals surface area contributed by atoms with Crippen LogP contribution in [0.4, 0.5) is 0 Å². The van der Waals surface area contributed by atoms with Gasteiger partial charge >= 0.3 is 0 Å². The fourth-order valence-electron chi connectivity index (χ4n) is 1.61. The fraction of sp³-hybridized carbons (Fsp3) is 0.143. The summed E-state index contributed by atoms with van der Waals surface area (Å²) >= 11 is 17.1. The van der Waals surface area contributed by atoms with Gasteiger partial charge in [-0.2, -0.15) is 5.10 Å². The lowest BCUT2D eigenvalue weighted by molar-refractivity contribution is 0.574. The van der Waals surface area contributed by atoms with Crippen LogP contribution in [0.3, 0.4) is 0 Å². The fourth-order valence-corrected chi connectivity index (χ4v) is 2.19. The smallest absolute Gasteiger partial charge is 0.186 e. The Balaban J connectivity index is 2.09. The molecule has 0 aliphatic rings. The van der Waals surface area contributed by atoms with E-state index in [1.165, 1.54) is 6.21 Å². The Labute approximate surface area is 138 Å². The van der Waals surface area contributed by atoms with E-state index in [0.29, 0.717) is 26.7 Å². The molecule has 0 spiro atoms. The highest BCUT2D eigenvalue weighted by molar-refractivity contribution is 7.80. The van der Waals surface area contributed by atoms with Crippen LogP contribution in [-0.4, -0.2) is 17.9 Å². The largest absolute Gasteiger partial charge is 0.455 e. The van der Waals surface area contributed by atoms with E-state index in [1.54, 1.807) is 24.3 Å². The predicted octanol–water partition coefficient (Wildman–Crippen LogP) is 4.07. The Morgan fingerprint density at radius 2 is 2.14 bits per heavy atom. The molecule has 1 aromatic heterocycles. The minimum absolute atomic E-state index is 0.457. The summed E-state index contributed by atoms with van der Waals surface area (Å²) < 4.78 is 5.65. The second-order valence-electron chi connectivity index (χ2n) is 4.06. The van der Waals surface area contributed by atoms with E-state index >= 15 is 0 Å². The normalized spacial score (nSPS) is 10.8. The third-order valence-electron chi connectivity index (χ3n) is 2.52. The van der Waals surface area contributed by atoms with Gasteiger partial charge in [0.05, 0.1) is 11.2 Å². The number of thiocarbonyl (C=S) groups is 1. The quantitative estimate of drug-likeness (QED) is 0.500. The summed E-state index contributed by atoms with van der Waals surface area (Å²) in [5.74, 6) is 1.20. The molecule has 0 unspecified atom stereocenters. The molecule has 2 N–H and O–H groups in total. The number of hydrogen-bond acceptors (Lipinski definition) is 3. The third kappa shape index (κ3) is 4.46. The molecular formula is C14H13Cl2N3OS. The Kier molecular flexibility index (Phi) is 5.61. The van der Waals surface area contributed by atoms with Gasteiger partial charge in [0, 0.05) is 17.1 Å². The number of nitrogens with zero attached hydrogens (tertiary/aromatic N) is 1. The van der Waals surface area contributed by atoms with Crippen LogP contribution in [0.25, 0.3) is 11.3 Å². The molecule has 0 saturated heterocycles. The van der Waals surface area contributed by atoms with Crippen LogP contribution in [0, 0.1) is 0 Å². The molecule has 0 saturated carbocycles. The lowest BCUT2D eigenvalue weighted by Crippen LogP contribution is -2.31. The van der Waals surface area contributed by atoms with Crippen molar-refractivity contribution < 1.29 is 4.42 Å². The van der Waals surface area contributed by atoms with Crippen LogP contribution < -0.4 is 10.7 Å². The van der Waals surface area contributed by atoms with Crippen molar-refractivity contribution in [1.82, 2.24) is 10.7 Å². The molecule has 0 amide bonds. The monoisotopic (exact) mass is 341 g/mol. The van der Waals surface area contributed by atoms with Gasteiger partial charge in [-0.05, 0) is 49.5 Å². The van der Waals surface area contributed by atoms with Crippen molar-refractivity contribution in [3.8, 4) is 11.3 Å². The van der Waals surface area contributed by atoms with E-state index in [4.69, 9.17) is 39.8 Å². The molecule has 4 nitrogen and oxygen atoms in total. The average molecular weight is 342 g/mol. The number of halogens is 2. The molecule has 2 rings (SSSR count). The maximum absolute atomic E-state index is 6.13. The van der Waals surface area contributed by atoms with Crippen LogP contribution in [0.1, 0.15) is 12.7 Å². The molecule has 1 aromatic carbocycles. The lowest BCUT2D eigenvalue weighted by atomic mass is 10.2. The van der Waals surface area contributed by atoms with Gasteiger partial charge in [0.1, 0.15) is 11.5 Å². The summed E-state index contributed by atoms with van der Waals surface area (Å²) in [7, 11) is 0. The van der Waals surface area contributed by atoms with Gasteiger partial charge in [-0.25, -0.2) is 0 Å². The van der Waals surface area contributed by atoms with Crippen molar-refractivity contribution in [2.45, 2.75) is 6.92 Å². The summed E-state index contributed by atoms with van der Waals surface area (Å²) in [4.78, 5) is 0. The molecule has 21 heavy (non-hydrogen) atoms. The maximum atomic E-state index is 6.13. The van der Waals surface area contributed by atoms with Crippen molar-refractivity contribution in [2.24, 2.45) is 5.10 Å². The van der Waals surface area contributed by atoms with Crippen molar-refractivity contribution in [2.75, 3.05) is 6.54 Å². The number of rotatable bonds is 4. The highest BCUT2D eigenvalue weighted by Gasteiger charge is 2.08. The second kappa shape index (κ2) is 7.45. The number of hydrazone groups is 1. The first-order chi connectivity index (χ1) is 10.1. The summed E-state index contributed by atoms with van der Waals surface area (Å²) in [6.45, 7) is 2.69. The molecule has 110 valence electrons. The van der Waals surface area contributed by atoms with Gasteiger partial charge < -0.3 is 9.73 Å². The number of furan rings is 1. The summed E-state index contributed by atoms with van der Waals surface area (Å²) in [6, 6.07) is 8.80. The maximum Gasteiger partial charge on any atom is 0.186 e. The predicted molar refractivity (Wildman–Crippen MR) is 91.2 cm³/mol. The lowest BCUT2D eigenvalue weighted by Gasteiger charge is -2.02. The second-order valence-corrected chi connectivity index (χ2v) is 5.31. The number of nitrogens with one attached hydrogen (secondary N) is 2. The highest BCUT2D eigenvalue weighted by atomic mass is 35.5. The van der Waals surface area contributed by atoms with E-state index in [2.05, 4.69) is 15.8 Å².